The van der Waals surface area contributed by atoms with Gasteiger partial charge in [-0.05, 0) is 55.5 Å². The Morgan fingerprint density at radius 2 is 2.12 bits per heavy atom. The first-order valence-electron chi connectivity index (χ1n) is 5.98. The molecule has 1 aliphatic rings. The van der Waals surface area contributed by atoms with Crippen molar-refractivity contribution in [3.8, 4) is 0 Å². The fourth-order valence-electron chi connectivity index (χ4n) is 2.09. The molecule has 2 aromatic rings. The van der Waals surface area contributed by atoms with Crippen LogP contribution < -0.4 is 5.73 Å². The van der Waals surface area contributed by atoms with Gasteiger partial charge in [0.2, 0.25) is 0 Å². The van der Waals surface area contributed by atoms with E-state index in [1.165, 1.54) is 23.8 Å². The smallest absolute Gasteiger partial charge is 0.0702 e. The van der Waals surface area contributed by atoms with Gasteiger partial charge in [0.15, 0.2) is 0 Å². The number of hydrogen-bond donors (Lipinski definition) is 1. The molecule has 3 rings (SSSR count). The van der Waals surface area contributed by atoms with Gasteiger partial charge >= 0.3 is 0 Å². The van der Waals surface area contributed by atoms with Crippen molar-refractivity contribution in [1.82, 2.24) is 4.98 Å². The first kappa shape index (κ1) is 11.2. The minimum Gasteiger partial charge on any atom is -0.325 e. The molecule has 0 aliphatic heterocycles. The lowest BCUT2D eigenvalue weighted by Gasteiger charge is -2.08. The molecule has 17 heavy (non-hydrogen) atoms. The zero-order chi connectivity index (χ0) is 11.9. The Labute approximate surface area is 109 Å². The maximum Gasteiger partial charge on any atom is 0.0702 e. The van der Waals surface area contributed by atoms with Gasteiger partial charge in [-0.25, -0.2) is 0 Å². The molecule has 0 amide bonds. The molecule has 1 saturated carbocycles. The molecule has 3 heteroatoms. The third-order valence-corrected chi connectivity index (χ3v) is 4.00. The highest BCUT2D eigenvalue weighted by molar-refractivity contribution is 9.10. The molecule has 2 nitrogen and oxygen atoms in total. The van der Waals surface area contributed by atoms with Crippen molar-refractivity contribution in [1.29, 1.82) is 0 Å². The van der Waals surface area contributed by atoms with E-state index in [0.29, 0.717) is 0 Å². The first-order chi connectivity index (χ1) is 8.15. The summed E-state index contributed by atoms with van der Waals surface area (Å²) in [6, 6.07) is 8.39. The van der Waals surface area contributed by atoms with Gasteiger partial charge in [0.1, 0.15) is 0 Å². The molecule has 0 atom stereocenters. The van der Waals surface area contributed by atoms with E-state index >= 15 is 0 Å². The molecular formula is C14H15BrN2. The van der Waals surface area contributed by atoms with Gasteiger partial charge in [-0.3, -0.25) is 4.98 Å². The standard InChI is InChI=1S/C14H15BrN2/c15-12-1-2-13-11(8-12)7-10(9-17-13)3-4-14(16)5-6-14/h1-2,7-9H,3-6,16H2. The monoisotopic (exact) mass is 290 g/mol. The Hall–Kier alpha value is -0.930. The summed E-state index contributed by atoms with van der Waals surface area (Å²) in [7, 11) is 0. The number of hydrogen-bond acceptors (Lipinski definition) is 2. The average molecular weight is 291 g/mol. The molecule has 2 N–H and O–H groups in total. The van der Waals surface area contributed by atoms with Crippen LogP contribution in [0.15, 0.2) is 34.9 Å². The van der Waals surface area contributed by atoms with Crippen molar-refractivity contribution in [2.45, 2.75) is 31.2 Å². The quantitative estimate of drug-likeness (QED) is 0.941. The van der Waals surface area contributed by atoms with Crippen LogP contribution in [0.25, 0.3) is 10.9 Å². The van der Waals surface area contributed by atoms with Crippen LogP contribution in [-0.4, -0.2) is 10.5 Å². The third kappa shape index (κ3) is 2.50. The van der Waals surface area contributed by atoms with Gasteiger partial charge in [0.25, 0.3) is 0 Å². The molecule has 0 unspecified atom stereocenters. The fourth-order valence-corrected chi connectivity index (χ4v) is 2.47. The number of nitrogens with two attached hydrogens (primary N) is 1. The maximum atomic E-state index is 6.10. The van der Waals surface area contributed by atoms with Crippen molar-refractivity contribution in [2.24, 2.45) is 5.73 Å². The van der Waals surface area contributed by atoms with Crippen molar-refractivity contribution >= 4 is 26.8 Å². The van der Waals surface area contributed by atoms with E-state index in [-0.39, 0.29) is 5.54 Å². The number of aryl methyl sites for hydroxylation is 1. The molecule has 1 fully saturated rings. The van der Waals surface area contributed by atoms with Crippen LogP contribution >= 0.6 is 15.9 Å². The maximum absolute atomic E-state index is 6.10. The number of aromatic nitrogens is 1. The lowest BCUT2D eigenvalue weighted by atomic mass is 10.0. The summed E-state index contributed by atoms with van der Waals surface area (Å²) in [6.45, 7) is 0. The molecule has 88 valence electrons. The summed E-state index contributed by atoms with van der Waals surface area (Å²) in [5, 5.41) is 1.19. The number of rotatable bonds is 3. The molecule has 1 heterocycles. The average Bonchev–Trinajstić information content (AvgIpc) is 3.05. The molecule has 0 saturated heterocycles. The topological polar surface area (TPSA) is 38.9 Å². The molecule has 1 aromatic carbocycles. The minimum absolute atomic E-state index is 0.131. The third-order valence-electron chi connectivity index (χ3n) is 3.50. The van der Waals surface area contributed by atoms with Gasteiger partial charge in [0, 0.05) is 21.6 Å². The summed E-state index contributed by atoms with van der Waals surface area (Å²) < 4.78 is 1.10. The first-order valence-corrected chi connectivity index (χ1v) is 6.77. The second-order valence-corrected chi connectivity index (χ2v) is 5.96. The summed E-state index contributed by atoms with van der Waals surface area (Å²) in [5.41, 5.74) is 8.57. The SMILES string of the molecule is NC1(CCc2cnc3ccc(Br)cc3c2)CC1. The van der Waals surface area contributed by atoms with Gasteiger partial charge in [0.05, 0.1) is 5.52 Å². The molecule has 0 spiro atoms. The van der Waals surface area contributed by atoms with E-state index in [4.69, 9.17) is 5.73 Å². The predicted molar refractivity (Wildman–Crippen MR) is 73.9 cm³/mol. The zero-order valence-corrected chi connectivity index (χ0v) is 11.2. The Morgan fingerprint density at radius 1 is 1.29 bits per heavy atom. The number of nitrogens with zero attached hydrogens (tertiary/aromatic N) is 1. The summed E-state index contributed by atoms with van der Waals surface area (Å²) in [6.07, 6.45) is 6.45. The molecule has 1 aromatic heterocycles. The number of pyridine rings is 1. The Morgan fingerprint density at radius 3 is 2.88 bits per heavy atom. The van der Waals surface area contributed by atoms with Crippen LogP contribution in [0.1, 0.15) is 24.8 Å². The van der Waals surface area contributed by atoms with Crippen molar-refractivity contribution in [3.05, 3.63) is 40.5 Å². The minimum atomic E-state index is 0.131. The molecule has 1 aliphatic carbocycles. The fraction of sp³-hybridized carbons (Fsp3) is 0.357. The van der Waals surface area contributed by atoms with E-state index in [9.17, 15) is 0 Å². The largest absolute Gasteiger partial charge is 0.325 e. The van der Waals surface area contributed by atoms with Gasteiger partial charge in [-0.2, -0.15) is 0 Å². The Bertz CT molecular complexity index is 561. The van der Waals surface area contributed by atoms with E-state index in [1.54, 1.807) is 0 Å². The Balaban J connectivity index is 1.85. The predicted octanol–water partition coefficient (Wildman–Crippen LogP) is 3.42. The van der Waals surface area contributed by atoms with Crippen LogP contribution in [-0.2, 0) is 6.42 Å². The van der Waals surface area contributed by atoms with E-state index in [2.05, 4.69) is 33.0 Å². The van der Waals surface area contributed by atoms with E-state index in [1.807, 2.05) is 18.3 Å². The van der Waals surface area contributed by atoms with Gasteiger partial charge < -0.3 is 5.73 Å². The number of benzene rings is 1. The highest BCUT2D eigenvalue weighted by Gasteiger charge is 2.37. The Kier molecular flexibility index (Phi) is 2.68. The summed E-state index contributed by atoms with van der Waals surface area (Å²) >= 11 is 3.49. The van der Waals surface area contributed by atoms with Crippen molar-refractivity contribution < 1.29 is 0 Å². The number of halogens is 1. The van der Waals surface area contributed by atoms with Crippen molar-refractivity contribution in [3.63, 3.8) is 0 Å². The molecular weight excluding hydrogens is 276 g/mol. The lowest BCUT2D eigenvalue weighted by molar-refractivity contribution is 0.609. The zero-order valence-electron chi connectivity index (χ0n) is 9.62. The second kappa shape index (κ2) is 4.07. The highest BCUT2D eigenvalue weighted by Crippen LogP contribution is 2.36. The summed E-state index contributed by atoms with van der Waals surface area (Å²) in [4.78, 5) is 4.48. The van der Waals surface area contributed by atoms with Crippen LogP contribution in [0.3, 0.4) is 0 Å². The van der Waals surface area contributed by atoms with Crippen molar-refractivity contribution in [2.75, 3.05) is 0 Å². The molecule has 0 radical (unpaired) electrons. The van der Waals surface area contributed by atoms with Crippen LogP contribution in [0, 0.1) is 0 Å². The second-order valence-electron chi connectivity index (χ2n) is 5.04. The molecule has 0 bridgehead atoms. The van der Waals surface area contributed by atoms with Gasteiger partial charge in [-0.1, -0.05) is 15.9 Å². The number of fused-ring (bicyclic) bond motifs is 1. The summed E-state index contributed by atoms with van der Waals surface area (Å²) in [5.74, 6) is 0. The van der Waals surface area contributed by atoms with E-state index < -0.39 is 0 Å². The normalized spacial score (nSPS) is 17.3. The van der Waals surface area contributed by atoms with Crippen LogP contribution in [0.4, 0.5) is 0 Å². The van der Waals surface area contributed by atoms with Crippen LogP contribution in [0.2, 0.25) is 0 Å². The van der Waals surface area contributed by atoms with Crippen LogP contribution in [0.5, 0.6) is 0 Å². The van der Waals surface area contributed by atoms with Gasteiger partial charge in [-0.15, -0.1) is 0 Å². The highest BCUT2D eigenvalue weighted by atomic mass is 79.9. The van der Waals surface area contributed by atoms with E-state index in [0.717, 1.165) is 22.8 Å². The lowest BCUT2D eigenvalue weighted by Crippen LogP contribution is -2.22.